The molecule has 158 valence electrons. The van der Waals surface area contributed by atoms with Gasteiger partial charge in [-0.05, 0) is 13.0 Å². The molecule has 1 fully saturated rings. The van der Waals surface area contributed by atoms with Gasteiger partial charge in [0.25, 0.3) is 12.1 Å². The summed E-state index contributed by atoms with van der Waals surface area (Å²) in [4.78, 5) is 20.1. The quantitative estimate of drug-likeness (QED) is 0.324. The van der Waals surface area contributed by atoms with Gasteiger partial charge in [-0.25, -0.2) is 4.57 Å². The number of carboxylic acid groups (broad SMARTS) is 1. The third-order valence-electron chi connectivity index (χ3n) is 3.58. The van der Waals surface area contributed by atoms with E-state index in [1.165, 1.54) is 16.8 Å². The van der Waals surface area contributed by atoms with Gasteiger partial charge < -0.3 is 30.6 Å². The summed E-state index contributed by atoms with van der Waals surface area (Å²) in [6.07, 6.45) is -1.61. The van der Waals surface area contributed by atoms with E-state index in [-0.39, 0.29) is 12.2 Å². The van der Waals surface area contributed by atoms with E-state index in [9.17, 15) is 19.6 Å². The lowest BCUT2D eigenvalue weighted by molar-refractivity contribution is -0.765. The van der Waals surface area contributed by atoms with Gasteiger partial charge in [-0.2, -0.15) is 4.57 Å². The van der Waals surface area contributed by atoms with E-state index in [1.54, 1.807) is 12.3 Å². The summed E-state index contributed by atoms with van der Waals surface area (Å²) >= 11 is 0. The summed E-state index contributed by atoms with van der Waals surface area (Å²) in [7, 11) is -1.43. The molecular formula is C15H23N2O10P. The Morgan fingerprint density at radius 3 is 2.39 bits per heavy atom. The number of aliphatic hydroxyl groups is 2. The molecule has 0 unspecified atom stereocenters. The number of nitrogens with zero attached hydrogens (tertiary/aromatic N) is 1. The number of carbonyl (C=O) groups is 2. The van der Waals surface area contributed by atoms with Crippen molar-refractivity contribution in [1.82, 2.24) is 0 Å². The maximum Gasteiger partial charge on any atom is 0.474 e. The van der Waals surface area contributed by atoms with Crippen molar-refractivity contribution in [2.24, 2.45) is 5.73 Å². The Hall–Kier alpha value is -1.92. The molecule has 1 aromatic rings. The second-order valence-electron chi connectivity index (χ2n) is 5.55. The van der Waals surface area contributed by atoms with Crippen LogP contribution in [0, 0.1) is 0 Å². The van der Waals surface area contributed by atoms with Crippen LogP contribution in [0.3, 0.4) is 0 Å². The van der Waals surface area contributed by atoms with Crippen LogP contribution in [0.2, 0.25) is 0 Å². The fourth-order valence-corrected chi connectivity index (χ4v) is 2.94. The summed E-state index contributed by atoms with van der Waals surface area (Å²) < 4.78 is 33.0. The number of carbonyl (C=O) groups excluding carboxylic acids is 2. The van der Waals surface area contributed by atoms with Crippen molar-refractivity contribution in [2.75, 3.05) is 20.8 Å². The van der Waals surface area contributed by atoms with Gasteiger partial charge in [0, 0.05) is 26.3 Å². The van der Waals surface area contributed by atoms with Crippen LogP contribution < -0.4 is 15.4 Å². The van der Waals surface area contributed by atoms with Gasteiger partial charge >= 0.3 is 7.82 Å². The number of rotatable bonds is 7. The topological polar surface area (TPSA) is 182 Å². The first-order valence-corrected chi connectivity index (χ1v) is 9.36. The number of ether oxygens (including phenoxy) is 1. The minimum atomic E-state index is -3.73. The number of carboxylic acids is 1. The monoisotopic (exact) mass is 422 g/mol. The molecule has 1 aliphatic heterocycles. The van der Waals surface area contributed by atoms with E-state index in [2.05, 4.69) is 9.05 Å². The fourth-order valence-electron chi connectivity index (χ4n) is 2.25. The number of hydrogen-bond donors (Lipinski definition) is 3. The average molecular weight is 422 g/mol. The fraction of sp³-hybridized carbons (Fsp3) is 0.533. The van der Waals surface area contributed by atoms with Crippen molar-refractivity contribution in [3.05, 3.63) is 30.1 Å². The first kappa shape index (κ1) is 24.1. The number of nitrogens with two attached hydrogens (primary N) is 1. The van der Waals surface area contributed by atoms with Crippen LogP contribution in [0.4, 0.5) is 0 Å². The van der Waals surface area contributed by atoms with Crippen molar-refractivity contribution in [3.63, 3.8) is 0 Å². The van der Waals surface area contributed by atoms with Gasteiger partial charge in [-0.15, -0.1) is 0 Å². The lowest BCUT2D eigenvalue weighted by Crippen LogP contribution is -2.46. The van der Waals surface area contributed by atoms with E-state index < -0.39 is 44.2 Å². The number of aliphatic hydroxyl groups excluding tert-OH is 2. The van der Waals surface area contributed by atoms with Gasteiger partial charge in [0.15, 0.2) is 18.5 Å². The molecule has 1 aliphatic rings. The van der Waals surface area contributed by atoms with Gasteiger partial charge in [0.2, 0.25) is 0 Å². The van der Waals surface area contributed by atoms with Gasteiger partial charge in [-0.3, -0.25) is 18.4 Å². The predicted octanol–water partition coefficient (Wildman–Crippen LogP) is -2.13. The number of pyridine rings is 1. The molecule has 0 saturated carbocycles. The molecule has 4 atom stereocenters. The molecule has 28 heavy (non-hydrogen) atoms. The van der Waals surface area contributed by atoms with Crippen molar-refractivity contribution in [1.29, 1.82) is 0 Å². The molecule has 0 aliphatic carbocycles. The van der Waals surface area contributed by atoms with Crippen LogP contribution in [0.1, 0.15) is 23.5 Å². The van der Waals surface area contributed by atoms with Crippen molar-refractivity contribution < 1.29 is 52.3 Å². The molecule has 2 rings (SSSR count). The smallest absolute Gasteiger partial charge is 0.474 e. The van der Waals surface area contributed by atoms with Gasteiger partial charge in [0.05, 0.1) is 6.61 Å². The van der Waals surface area contributed by atoms with E-state index in [0.29, 0.717) is 0 Å². The van der Waals surface area contributed by atoms with Crippen LogP contribution in [0.15, 0.2) is 24.5 Å². The van der Waals surface area contributed by atoms with E-state index >= 15 is 0 Å². The Bertz CT molecular complexity index is 719. The predicted molar refractivity (Wildman–Crippen MR) is 89.3 cm³/mol. The normalized spacial score (nSPS) is 24.3. The molecule has 13 heteroatoms. The highest BCUT2D eigenvalue weighted by atomic mass is 31.2. The number of aliphatic carboxylic acids is 1. The number of aromatic nitrogens is 1. The number of phosphoric ester groups is 1. The van der Waals surface area contributed by atoms with Crippen LogP contribution in [-0.2, 0) is 27.7 Å². The van der Waals surface area contributed by atoms with Crippen molar-refractivity contribution in [3.8, 4) is 0 Å². The van der Waals surface area contributed by atoms with Crippen molar-refractivity contribution >= 4 is 19.7 Å². The number of amides is 1. The molecule has 12 nitrogen and oxygen atoms in total. The maximum absolute atomic E-state index is 11.8. The third-order valence-corrected chi connectivity index (χ3v) is 4.94. The first-order chi connectivity index (χ1) is 13.0. The lowest BCUT2D eigenvalue weighted by atomic mass is 10.1. The third kappa shape index (κ3) is 6.60. The highest BCUT2D eigenvalue weighted by Gasteiger charge is 2.49. The number of hydrogen-bond acceptors (Lipinski definition) is 10. The molecule has 0 radical (unpaired) electrons. The zero-order chi connectivity index (χ0) is 21.5. The minimum Gasteiger partial charge on any atom is -0.550 e. The van der Waals surface area contributed by atoms with Crippen LogP contribution in [0.25, 0.3) is 0 Å². The summed E-state index contributed by atoms with van der Waals surface area (Å²) in [5.41, 5.74) is 5.43. The second kappa shape index (κ2) is 10.6. The molecule has 0 bridgehead atoms. The standard InChI is InChI=1S/C13H19N2O8P.C2H4O2/c1-20-24(19,21-2)22-7-9-10(16)11(17)13(23-9)15-5-3-4-8(6-15)12(14)18;1-2(3)4/h3-6,9-11,13,16-17H,7H2,1-2H3,(H-,14,18);1H3,(H,3,4)/t9-,10-,11-,13-;/m1./s1. The summed E-state index contributed by atoms with van der Waals surface area (Å²) in [5, 5.41) is 29.1. The molecule has 0 aromatic carbocycles. The molecular weight excluding hydrogens is 399 g/mol. The first-order valence-electron chi connectivity index (χ1n) is 7.90. The Morgan fingerprint density at radius 1 is 1.32 bits per heavy atom. The van der Waals surface area contributed by atoms with E-state index in [0.717, 1.165) is 21.1 Å². The number of primary amides is 1. The molecule has 2 heterocycles. The Balaban J connectivity index is 0.000000892. The summed E-state index contributed by atoms with van der Waals surface area (Å²) in [6.45, 7) is 0.643. The van der Waals surface area contributed by atoms with Crippen molar-refractivity contribution in [2.45, 2.75) is 31.5 Å². The van der Waals surface area contributed by atoms with E-state index in [4.69, 9.17) is 24.9 Å². The largest absolute Gasteiger partial charge is 0.550 e. The van der Waals surface area contributed by atoms with E-state index in [1.807, 2.05) is 0 Å². The van der Waals surface area contributed by atoms with Gasteiger partial charge in [-0.1, -0.05) is 0 Å². The summed E-state index contributed by atoms with van der Waals surface area (Å²) in [6, 6.07) is 3.06. The zero-order valence-electron chi connectivity index (χ0n) is 15.5. The highest BCUT2D eigenvalue weighted by Crippen LogP contribution is 2.48. The van der Waals surface area contributed by atoms with Gasteiger partial charge in [0.1, 0.15) is 17.8 Å². The molecule has 1 saturated heterocycles. The Kier molecular flexibility index (Phi) is 9.11. The summed E-state index contributed by atoms with van der Waals surface area (Å²) in [5.74, 6) is -1.72. The van der Waals surface area contributed by atoms with Crippen LogP contribution >= 0.6 is 7.82 Å². The Morgan fingerprint density at radius 2 is 1.89 bits per heavy atom. The minimum absolute atomic E-state index is 0.214. The molecule has 0 spiro atoms. The lowest BCUT2D eigenvalue weighted by Gasteiger charge is -2.17. The average Bonchev–Trinajstić information content (AvgIpc) is 2.94. The van der Waals surface area contributed by atoms with Crippen LogP contribution in [-0.4, -0.2) is 61.2 Å². The number of phosphoric acid groups is 1. The molecule has 1 amide bonds. The highest BCUT2D eigenvalue weighted by molar-refractivity contribution is 7.48. The Labute approximate surface area is 161 Å². The molecule has 4 N–H and O–H groups in total. The maximum atomic E-state index is 11.8. The SMILES string of the molecule is CC(=O)[O-].COP(=O)(OC)OC[C@H]1O[C@@H]([n+]2cccc(C(N)=O)c2)[C@H](O)[C@@H]1O. The second-order valence-corrected chi connectivity index (χ2v) is 7.43. The molecule has 1 aromatic heterocycles. The zero-order valence-corrected chi connectivity index (χ0v) is 16.4. The van der Waals surface area contributed by atoms with Crippen LogP contribution in [0.5, 0.6) is 0 Å².